The van der Waals surface area contributed by atoms with E-state index in [9.17, 15) is 10.2 Å². The van der Waals surface area contributed by atoms with Crippen molar-refractivity contribution in [3.63, 3.8) is 0 Å². The van der Waals surface area contributed by atoms with Crippen molar-refractivity contribution >= 4 is 17.8 Å². The zero-order valence-electron chi connectivity index (χ0n) is 8.10. The lowest BCUT2D eigenvalue weighted by molar-refractivity contribution is 0.00743. The highest BCUT2D eigenvalue weighted by Crippen LogP contribution is 2.72. The molecule has 1 fully saturated rings. The number of thioether (sulfide) groups is 1. The minimum absolute atomic E-state index is 0.411. The lowest BCUT2D eigenvalue weighted by Crippen LogP contribution is -2.30. The summed E-state index contributed by atoms with van der Waals surface area (Å²) >= 11 is 1.10. The summed E-state index contributed by atoms with van der Waals surface area (Å²) in [5.74, 6) is 0.411. The standard InChI is InChI=1S/C11H10O3S/c1-14-9-6-7-4-2-3-5-8(7)10(12)11(9,13)15-10/h2-6,12-13H,1H3. The van der Waals surface area contributed by atoms with Gasteiger partial charge in [0, 0.05) is 5.56 Å². The van der Waals surface area contributed by atoms with Gasteiger partial charge in [-0.2, -0.15) is 0 Å². The van der Waals surface area contributed by atoms with Crippen LogP contribution in [0.1, 0.15) is 11.1 Å². The van der Waals surface area contributed by atoms with Crippen LogP contribution in [0.2, 0.25) is 0 Å². The van der Waals surface area contributed by atoms with E-state index in [0.29, 0.717) is 5.76 Å². The third kappa shape index (κ3) is 0.942. The molecule has 1 aromatic rings. The maximum absolute atomic E-state index is 10.3. The van der Waals surface area contributed by atoms with E-state index in [0.717, 1.165) is 22.9 Å². The molecule has 0 amide bonds. The van der Waals surface area contributed by atoms with Crippen molar-refractivity contribution in [2.24, 2.45) is 0 Å². The summed E-state index contributed by atoms with van der Waals surface area (Å²) in [6.45, 7) is 0. The predicted molar refractivity (Wildman–Crippen MR) is 57.9 cm³/mol. The summed E-state index contributed by atoms with van der Waals surface area (Å²) in [6, 6.07) is 7.46. The van der Waals surface area contributed by atoms with Crippen molar-refractivity contribution in [2.45, 2.75) is 9.87 Å². The van der Waals surface area contributed by atoms with Gasteiger partial charge in [-0.1, -0.05) is 36.0 Å². The number of benzene rings is 1. The number of ether oxygens (including phenoxy) is 1. The number of aliphatic hydroxyl groups is 2. The molecule has 1 saturated heterocycles. The highest BCUT2D eigenvalue weighted by atomic mass is 32.2. The number of hydrogen-bond donors (Lipinski definition) is 2. The SMILES string of the molecule is COC1=Cc2ccccc2C2(O)SC12O. The Morgan fingerprint density at radius 3 is 2.67 bits per heavy atom. The molecule has 3 nitrogen and oxygen atoms in total. The zero-order valence-corrected chi connectivity index (χ0v) is 8.91. The highest BCUT2D eigenvalue weighted by molar-refractivity contribution is 8.08. The quantitative estimate of drug-likeness (QED) is 0.702. The molecule has 4 heteroatoms. The minimum atomic E-state index is -1.30. The van der Waals surface area contributed by atoms with Gasteiger partial charge in [0.05, 0.1) is 7.11 Å². The Morgan fingerprint density at radius 1 is 1.20 bits per heavy atom. The fraction of sp³-hybridized carbons (Fsp3) is 0.273. The van der Waals surface area contributed by atoms with E-state index in [1.807, 2.05) is 24.3 Å². The molecule has 15 heavy (non-hydrogen) atoms. The van der Waals surface area contributed by atoms with Crippen molar-refractivity contribution in [3.05, 3.63) is 41.2 Å². The first-order valence-electron chi connectivity index (χ1n) is 4.62. The topological polar surface area (TPSA) is 49.7 Å². The van der Waals surface area contributed by atoms with Crippen molar-refractivity contribution in [2.75, 3.05) is 7.11 Å². The van der Waals surface area contributed by atoms with Crippen LogP contribution >= 0.6 is 11.8 Å². The van der Waals surface area contributed by atoms with Crippen LogP contribution in [0.15, 0.2) is 30.0 Å². The molecule has 3 rings (SSSR count). The van der Waals surface area contributed by atoms with Crippen LogP contribution in [-0.2, 0) is 9.67 Å². The minimum Gasteiger partial charge on any atom is -0.497 e. The maximum Gasteiger partial charge on any atom is 0.214 e. The molecular weight excluding hydrogens is 212 g/mol. The van der Waals surface area contributed by atoms with Gasteiger partial charge < -0.3 is 14.9 Å². The average molecular weight is 222 g/mol. The largest absolute Gasteiger partial charge is 0.497 e. The van der Waals surface area contributed by atoms with Gasteiger partial charge in [-0.25, -0.2) is 0 Å². The summed E-state index contributed by atoms with van der Waals surface area (Å²) in [5, 5.41) is 20.4. The highest BCUT2D eigenvalue weighted by Gasteiger charge is 2.74. The van der Waals surface area contributed by atoms with E-state index in [1.165, 1.54) is 7.11 Å². The van der Waals surface area contributed by atoms with Gasteiger partial charge in [0.15, 0.2) is 4.93 Å². The number of methoxy groups -OCH3 is 1. The second-order valence-corrected chi connectivity index (χ2v) is 5.08. The zero-order chi connectivity index (χ0) is 10.7. The molecule has 2 atom stereocenters. The second kappa shape index (κ2) is 2.58. The Bertz CT molecular complexity index is 471. The van der Waals surface area contributed by atoms with Gasteiger partial charge in [0.1, 0.15) is 5.76 Å². The summed E-state index contributed by atoms with van der Waals surface area (Å²) in [6.07, 6.45) is 1.77. The molecule has 0 spiro atoms. The Labute approximate surface area is 91.4 Å². The predicted octanol–water partition coefficient (Wildman–Crippen LogP) is 1.27. The monoisotopic (exact) mass is 222 g/mol. The first kappa shape index (κ1) is 9.27. The Hall–Kier alpha value is -0.970. The summed E-state index contributed by atoms with van der Waals surface area (Å²) in [5.41, 5.74) is 1.64. The fourth-order valence-electron chi connectivity index (χ4n) is 2.01. The smallest absolute Gasteiger partial charge is 0.214 e. The second-order valence-electron chi connectivity index (χ2n) is 3.69. The summed E-state index contributed by atoms with van der Waals surface area (Å²) in [7, 11) is 1.50. The maximum atomic E-state index is 10.3. The fourth-order valence-corrected chi connectivity index (χ4v) is 3.14. The van der Waals surface area contributed by atoms with Crippen LogP contribution in [0.5, 0.6) is 0 Å². The summed E-state index contributed by atoms with van der Waals surface area (Å²) < 4.78 is 5.10. The van der Waals surface area contributed by atoms with E-state index < -0.39 is 9.87 Å². The van der Waals surface area contributed by atoms with Crippen LogP contribution in [-0.4, -0.2) is 22.3 Å². The van der Waals surface area contributed by atoms with Crippen LogP contribution in [0, 0.1) is 0 Å². The van der Waals surface area contributed by atoms with Gasteiger partial charge in [0.2, 0.25) is 4.93 Å². The number of hydrogen-bond acceptors (Lipinski definition) is 4. The lowest BCUT2D eigenvalue weighted by atomic mass is 9.92. The Balaban J connectivity index is 2.25. The van der Waals surface area contributed by atoms with Crippen LogP contribution in [0.4, 0.5) is 0 Å². The molecule has 2 unspecified atom stereocenters. The molecule has 1 heterocycles. The van der Waals surface area contributed by atoms with Crippen molar-refractivity contribution in [3.8, 4) is 0 Å². The van der Waals surface area contributed by atoms with Gasteiger partial charge >= 0.3 is 0 Å². The van der Waals surface area contributed by atoms with E-state index in [-0.39, 0.29) is 0 Å². The molecule has 78 valence electrons. The van der Waals surface area contributed by atoms with Gasteiger partial charge in [-0.15, -0.1) is 0 Å². The molecule has 0 bridgehead atoms. The molecule has 1 aliphatic carbocycles. The van der Waals surface area contributed by atoms with Gasteiger partial charge in [0.25, 0.3) is 0 Å². The van der Waals surface area contributed by atoms with E-state index in [1.54, 1.807) is 6.08 Å². The molecule has 0 saturated carbocycles. The van der Waals surface area contributed by atoms with Crippen LogP contribution in [0.3, 0.4) is 0 Å². The molecule has 0 radical (unpaired) electrons. The third-order valence-electron chi connectivity index (χ3n) is 2.88. The van der Waals surface area contributed by atoms with Gasteiger partial charge in [-0.05, 0) is 11.6 Å². The van der Waals surface area contributed by atoms with Gasteiger partial charge in [-0.3, -0.25) is 0 Å². The van der Waals surface area contributed by atoms with Crippen LogP contribution in [0.25, 0.3) is 6.08 Å². The van der Waals surface area contributed by atoms with Crippen LogP contribution < -0.4 is 0 Å². The molecular formula is C11H10O3S. The third-order valence-corrected chi connectivity index (χ3v) is 4.28. The van der Waals surface area contributed by atoms with Crippen molar-refractivity contribution in [1.29, 1.82) is 0 Å². The normalized spacial score (nSPS) is 36.3. The first-order chi connectivity index (χ1) is 7.12. The van der Waals surface area contributed by atoms with E-state index >= 15 is 0 Å². The summed E-state index contributed by atoms with van der Waals surface area (Å²) in [4.78, 5) is -2.53. The molecule has 2 aliphatic rings. The lowest BCUT2D eigenvalue weighted by Gasteiger charge is -2.22. The van der Waals surface area contributed by atoms with E-state index in [2.05, 4.69) is 0 Å². The Kier molecular flexibility index (Phi) is 1.60. The van der Waals surface area contributed by atoms with Crippen molar-refractivity contribution in [1.82, 2.24) is 0 Å². The first-order valence-corrected chi connectivity index (χ1v) is 5.44. The Morgan fingerprint density at radius 2 is 1.93 bits per heavy atom. The molecule has 0 aromatic heterocycles. The van der Waals surface area contributed by atoms with E-state index in [4.69, 9.17) is 4.74 Å². The molecule has 2 N–H and O–H groups in total. The van der Waals surface area contributed by atoms with Crippen molar-refractivity contribution < 1.29 is 14.9 Å². The average Bonchev–Trinajstić information content (AvgIpc) is 2.82. The molecule has 1 aromatic carbocycles. The number of fused-ring (bicyclic) bond motifs is 3. The number of rotatable bonds is 1. The molecule has 1 aliphatic heterocycles.